The van der Waals surface area contributed by atoms with Crippen LogP contribution in [0.15, 0.2) is 59.7 Å². The molecule has 0 fully saturated rings. The lowest BCUT2D eigenvalue weighted by Gasteiger charge is -2.09. The largest absolute Gasteiger partial charge is 0.502 e. The third-order valence-corrected chi connectivity index (χ3v) is 4.15. The Labute approximate surface area is 165 Å². The molecule has 0 aliphatic rings. The quantitative estimate of drug-likeness (QED) is 0.321. The van der Waals surface area contributed by atoms with E-state index in [0.29, 0.717) is 0 Å². The maximum absolute atomic E-state index is 12.0. The number of anilines is 1. The van der Waals surface area contributed by atoms with Crippen molar-refractivity contribution in [2.45, 2.75) is 0 Å². The molecule has 0 radical (unpaired) electrons. The van der Waals surface area contributed by atoms with Crippen LogP contribution in [0.3, 0.4) is 0 Å². The number of hydrogen-bond acceptors (Lipinski definition) is 7. The van der Waals surface area contributed by atoms with Gasteiger partial charge in [-0.1, -0.05) is 36.4 Å². The summed E-state index contributed by atoms with van der Waals surface area (Å²) >= 11 is 0. The smallest absolute Gasteiger partial charge is 0.315 e. The average molecular weight is 394 g/mol. The number of rotatable bonds is 7. The molecule has 3 rings (SSSR count). The molecule has 9 nitrogen and oxygen atoms in total. The highest BCUT2D eigenvalue weighted by molar-refractivity contribution is 5.95. The first-order valence-corrected chi connectivity index (χ1v) is 8.58. The Bertz CT molecular complexity index is 1090. The number of hydrazone groups is 1. The molecule has 0 atom stereocenters. The monoisotopic (exact) mass is 394 g/mol. The predicted molar refractivity (Wildman–Crippen MR) is 109 cm³/mol. The van der Waals surface area contributed by atoms with Gasteiger partial charge in [-0.05, 0) is 17.5 Å². The minimum Gasteiger partial charge on any atom is -0.502 e. The van der Waals surface area contributed by atoms with Gasteiger partial charge in [0.25, 0.3) is 5.91 Å². The molecule has 0 unspecified atom stereocenters. The summed E-state index contributed by atoms with van der Waals surface area (Å²) in [5.41, 5.74) is 2.64. The van der Waals surface area contributed by atoms with E-state index in [9.17, 15) is 20.0 Å². The van der Waals surface area contributed by atoms with Crippen molar-refractivity contribution in [1.82, 2.24) is 5.43 Å². The minimum absolute atomic E-state index is 0.0322. The average Bonchev–Trinajstić information content (AvgIpc) is 2.73. The number of methoxy groups -OCH3 is 1. The van der Waals surface area contributed by atoms with E-state index in [1.165, 1.54) is 13.2 Å². The molecule has 1 amide bonds. The van der Waals surface area contributed by atoms with Crippen LogP contribution in [0.4, 0.5) is 11.4 Å². The highest BCUT2D eigenvalue weighted by atomic mass is 16.6. The SMILES string of the molecule is COc1cc(/C=N\NC(=O)CNc2cccc3ccccc23)c(O)c([N+](=O)[O-])c1. The van der Waals surface area contributed by atoms with E-state index in [4.69, 9.17) is 4.74 Å². The van der Waals surface area contributed by atoms with Gasteiger partial charge in [-0.2, -0.15) is 5.10 Å². The van der Waals surface area contributed by atoms with Gasteiger partial charge in [-0.15, -0.1) is 0 Å². The zero-order valence-corrected chi connectivity index (χ0v) is 15.5. The van der Waals surface area contributed by atoms with Crippen LogP contribution in [-0.4, -0.2) is 35.8 Å². The Hall–Kier alpha value is -4.14. The van der Waals surface area contributed by atoms with Gasteiger partial charge in [-0.3, -0.25) is 14.9 Å². The third-order valence-electron chi connectivity index (χ3n) is 4.15. The molecule has 0 spiro atoms. The molecule has 0 heterocycles. The first-order chi connectivity index (χ1) is 14.0. The van der Waals surface area contributed by atoms with E-state index < -0.39 is 22.3 Å². The zero-order chi connectivity index (χ0) is 20.8. The zero-order valence-electron chi connectivity index (χ0n) is 15.5. The predicted octanol–water partition coefficient (Wildman–Crippen LogP) is 3.02. The molecular formula is C20H18N4O5. The maximum Gasteiger partial charge on any atom is 0.315 e. The van der Waals surface area contributed by atoms with E-state index >= 15 is 0 Å². The third kappa shape index (κ3) is 4.59. The van der Waals surface area contributed by atoms with Crippen LogP contribution in [0.25, 0.3) is 10.8 Å². The number of carbonyl (C=O) groups excluding carboxylic acids is 1. The van der Waals surface area contributed by atoms with Gasteiger partial charge in [0.1, 0.15) is 5.75 Å². The number of phenols is 1. The Kier molecular flexibility index (Phi) is 5.88. The molecule has 3 N–H and O–H groups in total. The van der Waals surface area contributed by atoms with Gasteiger partial charge in [0.15, 0.2) is 0 Å². The Morgan fingerprint density at radius 2 is 2.00 bits per heavy atom. The van der Waals surface area contributed by atoms with Crippen LogP contribution in [0.2, 0.25) is 0 Å². The molecule has 3 aromatic carbocycles. The Morgan fingerprint density at radius 3 is 2.76 bits per heavy atom. The van der Waals surface area contributed by atoms with E-state index in [1.807, 2.05) is 42.5 Å². The number of nitro groups is 1. The van der Waals surface area contributed by atoms with Crippen LogP contribution in [0.5, 0.6) is 11.5 Å². The van der Waals surface area contributed by atoms with Crippen molar-refractivity contribution >= 4 is 34.3 Å². The second-order valence-corrected chi connectivity index (χ2v) is 6.01. The molecule has 3 aromatic rings. The summed E-state index contributed by atoms with van der Waals surface area (Å²) in [5, 5.41) is 29.8. The van der Waals surface area contributed by atoms with Crippen LogP contribution in [0, 0.1) is 10.1 Å². The van der Waals surface area contributed by atoms with Gasteiger partial charge < -0.3 is 15.2 Å². The number of hydrogen-bond donors (Lipinski definition) is 3. The van der Waals surface area contributed by atoms with Crippen molar-refractivity contribution < 1.29 is 19.6 Å². The fraction of sp³-hybridized carbons (Fsp3) is 0.100. The van der Waals surface area contributed by atoms with Gasteiger partial charge >= 0.3 is 5.69 Å². The van der Waals surface area contributed by atoms with Gasteiger partial charge in [-0.25, -0.2) is 5.43 Å². The molecule has 0 aliphatic heterocycles. The Morgan fingerprint density at radius 1 is 1.24 bits per heavy atom. The van der Waals surface area contributed by atoms with E-state index in [1.54, 1.807) is 0 Å². The topological polar surface area (TPSA) is 126 Å². The van der Waals surface area contributed by atoms with Crippen molar-refractivity contribution in [2.75, 3.05) is 19.0 Å². The maximum atomic E-state index is 12.0. The number of ether oxygens (including phenoxy) is 1. The lowest BCUT2D eigenvalue weighted by Crippen LogP contribution is -2.25. The first-order valence-electron chi connectivity index (χ1n) is 8.58. The summed E-state index contributed by atoms with van der Waals surface area (Å²) in [7, 11) is 1.34. The normalized spacial score (nSPS) is 10.8. The van der Waals surface area contributed by atoms with E-state index in [2.05, 4.69) is 15.8 Å². The number of fused-ring (bicyclic) bond motifs is 1. The van der Waals surface area contributed by atoms with Crippen molar-refractivity contribution in [1.29, 1.82) is 0 Å². The van der Waals surface area contributed by atoms with Crippen molar-refractivity contribution in [3.8, 4) is 11.5 Å². The fourth-order valence-corrected chi connectivity index (χ4v) is 2.74. The Balaban J connectivity index is 1.66. The number of nitrogens with zero attached hydrogens (tertiary/aromatic N) is 2. The second kappa shape index (κ2) is 8.70. The van der Waals surface area contributed by atoms with E-state index in [0.717, 1.165) is 28.7 Å². The highest BCUT2D eigenvalue weighted by Gasteiger charge is 2.18. The number of nitro benzene ring substituents is 1. The summed E-state index contributed by atoms with van der Waals surface area (Å²) in [6.45, 7) is -0.0322. The summed E-state index contributed by atoms with van der Waals surface area (Å²) in [4.78, 5) is 22.3. The van der Waals surface area contributed by atoms with Gasteiger partial charge in [0, 0.05) is 16.6 Å². The highest BCUT2D eigenvalue weighted by Crippen LogP contribution is 2.33. The number of carbonyl (C=O) groups is 1. The van der Waals surface area contributed by atoms with Crippen molar-refractivity contribution in [3.05, 3.63) is 70.3 Å². The summed E-state index contributed by atoms with van der Waals surface area (Å²) < 4.78 is 4.98. The lowest BCUT2D eigenvalue weighted by molar-refractivity contribution is -0.385. The number of nitrogens with one attached hydrogen (secondary N) is 2. The molecule has 29 heavy (non-hydrogen) atoms. The standard InChI is InChI=1S/C20H18N4O5/c1-29-15-9-14(20(26)18(10-15)24(27)28)11-22-23-19(25)12-21-17-8-4-6-13-5-2-3-7-16(13)17/h2-11,21,26H,12H2,1H3,(H,23,25)/b22-11-. The molecule has 0 saturated heterocycles. The molecule has 148 valence electrons. The van der Waals surface area contributed by atoms with Crippen LogP contribution in [0.1, 0.15) is 5.56 Å². The summed E-state index contributed by atoms with van der Waals surface area (Å²) in [6.07, 6.45) is 1.11. The van der Waals surface area contributed by atoms with E-state index in [-0.39, 0.29) is 17.9 Å². The number of aromatic hydroxyl groups is 1. The molecule has 0 bridgehead atoms. The van der Waals surface area contributed by atoms with Crippen LogP contribution >= 0.6 is 0 Å². The van der Waals surface area contributed by atoms with Gasteiger partial charge in [0.2, 0.25) is 5.75 Å². The van der Waals surface area contributed by atoms with Crippen LogP contribution < -0.4 is 15.5 Å². The first kappa shape index (κ1) is 19.6. The lowest BCUT2D eigenvalue weighted by atomic mass is 10.1. The molecule has 0 saturated carbocycles. The minimum atomic E-state index is -0.734. The van der Waals surface area contributed by atoms with Crippen molar-refractivity contribution in [2.24, 2.45) is 5.10 Å². The molecule has 0 aliphatic carbocycles. The number of amides is 1. The molecule has 9 heteroatoms. The van der Waals surface area contributed by atoms with Gasteiger partial charge in [0.05, 0.1) is 30.9 Å². The van der Waals surface area contributed by atoms with Crippen LogP contribution in [-0.2, 0) is 4.79 Å². The summed E-state index contributed by atoms with van der Waals surface area (Å²) in [5.74, 6) is -0.811. The fourth-order valence-electron chi connectivity index (χ4n) is 2.74. The molecule has 0 aromatic heterocycles. The number of benzene rings is 3. The second-order valence-electron chi connectivity index (χ2n) is 6.01. The molecular weight excluding hydrogens is 376 g/mol. The number of phenolic OH excluding ortho intramolecular Hbond substituents is 1. The van der Waals surface area contributed by atoms with Crippen molar-refractivity contribution in [3.63, 3.8) is 0 Å². The summed E-state index contributed by atoms with van der Waals surface area (Å²) in [6, 6.07) is 16.0.